The van der Waals surface area contributed by atoms with Crippen LogP contribution < -0.4 is 0 Å². The van der Waals surface area contributed by atoms with Crippen LogP contribution in [-0.2, 0) is 11.3 Å². The Labute approximate surface area is 93.5 Å². The number of fused-ring (bicyclic) bond motifs is 1. The highest BCUT2D eigenvalue weighted by Crippen LogP contribution is 2.20. The number of benzene rings is 1. The summed E-state index contributed by atoms with van der Waals surface area (Å²) in [4.78, 5) is 10.9. The minimum Gasteiger partial charge on any atom is -0.347 e. The molecule has 0 spiro atoms. The molecule has 1 heterocycles. The number of carbonyl (C=O) groups excluding carboxylic acids is 1. The molecular formula is C12H12ClNO. The van der Waals surface area contributed by atoms with Gasteiger partial charge in [-0.25, -0.2) is 0 Å². The first kappa shape index (κ1) is 10.2. The number of aromatic nitrogens is 1. The first-order valence-corrected chi connectivity index (χ1v) is 5.28. The Balaban J connectivity index is 2.35. The fraction of sp³-hybridized carbons (Fsp3) is 0.250. The molecule has 1 aromatic carbocycles. The van der Waals surface area contributed by atoms with E-state index in [2.05, 4.69) is 4.57 Å². The van der Waals surface area contributed by atoms with Gasteiger partial charge in [0.25, 0.3) is 0 Å². The van der Waals surface area contributed by atoms with Gasteiger partial charge < -0.3 is 4.57 Å². The predicted octanol–water partition coefficient (Wildman–Crippen LogP) is 3.27. The fourth-order valence-corrected chi connectivity index (χ4v) is 1.80. The van der Waals surface area contributed by atoms with Crippen molar-refractivity contribution in [2.24, 2.45) is 0 Å². The summed E-state index contributed by atoms with van der Waals surface area (Å²) in [6, 6.07) is 7.82. The lowest BCUT2D eigenvalue weighted by atomic mass is 10.2. The Bertz CT molecular complexity index is 501. The SMILES string of the molecule is CC(=O)CCn1ccc2ccc(Cl)cc21. The highest BCUT2D eigenvalue weighted by molar-refractivity contribution is 6.31. The molecule has 0 aliphatic carbocycles. The molecule has 0 amide bonds. The molecule has 0 aliphatic rings. The zero-order valence-electron chi connectivity index (χ0n) is 8.53. The van der Waals surface area contributed by atoms with Crippen molar-refractivity contribution >= 4 is 28.3 Å². The smallest absolute Gasteiger partial charge is 0.131 e. The fourth-order valence-electron chi connectivity index (χ4n) is 1.63. The second-order valence-electron chi connectivity index (χ2n) is 3.66. The zero-order chi connectivity index (χ0) is 10.8. The quantitative estimate of drug-likeness (QED) is 0.780. The molecule has 15 heavy (non-hydrogen) atoms. The summed E-state index contributed by atoms with van der Waals surface area (Å²) in [6.07, 6.45) is 2.56. The molecular weight excluding hydrogens is 210 g/mol. The molecule has 0 saturated carbocycles. The van der Waals surface area contributed by atoms with Crippen molar-refractivity contribution in [3.63, 3.8) is 0 Å². The van der Waals surface area contributed by atoms with E-state index in [0.29, 0.717) is 6.42 Å². The van der Waals surface area contributed by atoms with Crippen LogP contribution in [0.25, 0.3) is 10.9 Å². The van der Waals surface area contributed by atoms with Gasteiger partial charge in [0.1, 0.15) is 5.78 Å². The molecule has 0 radical (unpaired) electrons. The average Bonchev–Trinajstić information content (AvgIpc) is 2.57. The van der Waals surface area contributed by atoms with E-state index in [9.17, 15) is 4.79 Å². The van der Waals surface area contributed by atoms with Crippen molar-refractivity contribution in [3.8, 4) is 0 Å². The van der Waals surface area contributed by atoms with Crippen LogP contribution in [0.2, 0.25) is 5.02 Å². The van der Waals surface area contributed by atoms with Crippen LogP contribution in [0.4, 0.5) is 0 Å². The van der Waals surface area contributed by atoms with Gasteiger partial charge in [-0.15, -0.1) is 0 Å². The Morgan fingerprint density at radius 3 is 2.93 bits per heavy atom. The Kier molecular flexibility index (Phi) is 2.78. The summed E-state index contributed by atoms with van der Waals surface area (Å²) in [7, 11) is 0. The number of hydrogen-bond acceptors (Lipinski definition) is 1. The lowest BCUT2D eigenvalue weighted by Crippen LogP contribution is -2.00. The van der Waals surface area contributed by atoms with Crippen LogP contribution in [0.5, 0.6) is 0 Å². The highest BCUT2D eigenvalue weighted by Gasteiger charge is 2.02. The Morgan fingerprint density at radius 1 is 1.40 bits per heavy atom. The van der Waals surface area contributed by atoms with Gasteiger partial charge in [0.15, 0.2) is 0 Å². The predicted molar refractivity (Wildman–Crippen MR) is 62.2 cm³/mol. The summed E-state index contributed by atoms with van der Waals surface area (Å²) in [6.45, 7) is 2.33. The van der Waals surface area contributed by atoms with Crippen molar-refractivity contribution in [1.29, 1.82) is 0 Å². The van der Waals surface area contributed by atoms with Crippen molar-refractivity contribution in [2.75, 3.05) is 0 Å². The Morgan fingerprint density at radius 2 is 2.20 bits per heavy atom. The first-order chi connectivity index (χ1) is 7.16. The molecule has 2 aromatic rings. The maximum absolute atomic E-state index is 10.9. The second kappa shape index (κ2) is 4.07. The van der Waals surface area contributed by atoms with E-state index in [0.717, 1.165) is 22.5 Å². The van der Waals surface area contributed by atoms with Gasteiger partial charge >= 0.3 is 0 Å². The summed E-state index contributed by atoms with van der Waals surface area (Å²) >= 11 is 5.93. The number of hydrogen-bond donors (Lipinski definition) is 0. The van der Waals surface area contributed by atoms with Gasteiger partial charge in [-0.2, -0.15) is 0 Å². The van der Waals surface area contributed by atoms with E-state index < -0.39 is 0 Å². The molecule has 0 bridgehead atoms. The molecule has 0 aliphatic heterocycles. The van der Waals surface area contributed by atoms with Gasteiger partial charge in [0.2, 0.25) is 0 Å². The number of carbonyl (C=O) groups is 1. The van der Waals surface area contributed by atoms with Gasteiger partial charge in [-0.3, -0.25) is 4.79 Å². The van der Waals surface area contributed by atoms with Crippen LogP contribution in [0.3, 0.4) is 0 Å². The number of rotatable bonds is 3. The van der Waals surface area contributed by atoms with Crippen molar-refractivity contribution in [2.45, 2.75) is 19.9 Å². The van der Waals surface area contributed by atoms with Crippen LogP contribution >= 0.6 is 11.6 Å². The van der Waals surface area contributed by atoms with Crippen molar-refractivity contribution in [1.82, 2.24) is 4.57 Å². The standard InChI is InChI=1S/C12H12ClNO/c1-9(15)4-6-14-7-5-10-2-3-11(13)8-12(10)14/h2-3,5,7-8H,4,6H2,1H3. The maximum Gasteiger partial charge on any atom is 0.131 e. The van der Waals surface area contributed by atoms with Gasteiger partial charge in [-0.1, -0.05) is 17.7 Å². The summed E-state index contributed by atoms with van der Waals surface area (Å²) in [5, 5.41) is 1.88. The third kappa shape index (κ3) is 2.21. The molecule has 2 nitrogen and oxygen atoms in total. The van der Waals surface area contributed by atoms with E-state index in [-0.39, 0.29) is 5.78 Å². The third-order valence-corrected chi connectivity index (χ3v) is 2.68. The number of Topliss-reactive ketones (excluding diaryl/α,β-unsaturated/α-hetero) is 1. The molecule has 78 valence electrons. The number of nitrogens with zero attached hydrogens (tertiary/aromatic N) is 1. The highest BCUT2D eigenvalue weighted by atomic mass is 35.5. The van der Waals surface area contributed by atoms with E-state index >= 15 is 0 Å². The minimum atomic E-state index is 0.207. The second-order valence-corrected chi connectivity index (χ2v) is 4.10. The van der Waals surface area contributed by atoms with Crippen molar-refractivity contribution < 1.29 is 4.79 Å². The van der Waals surface area contributed by atoms with Crippen LogP contribution in [0, 0.1) is 0 Å². The van der Waals surface area contributed by atoms with E-state index in [4.69, 9.17) is 11.6 Å². The summed E-state index contributed by atoms with van der Waals surface area (Å²) in [5.41, 5.74) is 1.09. The zero-order valence-corrected chi connectivity index (χ0v) is 9.29. The number of ketones is 1. The largest absolute Gasteiger partial charge is 0.347 e. The maximum atomic E-state index is 10.9. The Hall–Kier alpha value is -1.28. The molecule has 1 aromatic heterocycles. The van der Waals surface area contributed by atoms with E-state index in [1.165, 1.54) is 0 Å². The van der Waals surface area contributed by atoms with Crippen LogP contribution in [0.1, 0.15) is 13.3 Å². The van der Waals surface area contributed by atoms with Gasteiger partial charge in [0.05, 0.1) is 0 Å². The van der Waals surface area contributed by atoms with Crippen molar-refractivity contribution in [3.05, 3.63) is 35.5 Å². The molecule has 2 rings (SSSR count). The third-order valence-electron chi connectivity index (χ3n) is 2.44. The lowest BCUT2D eigenvalue weighted by molar-refractivity contribution is -0.117. The van der Waals surface area contributed by atoms with Crippen LogP contribution in [0.15, 0.2) is 30.5 Å². The molecule has 0 unspecified atom stereocenters. The van der Waals surface area contributed by atoms with E-state index in [1.54, 1.807) is 6.92 Å². The average molecular weight is 222 g/mol. The number of aryl methyl sites for hydroxylation is 1. The monoisotopic (exact) mass is 221 g/mol. The first-order valence-electron chi connectivity index (χ1n) is 4.90. The van der Waals surface area contributed by atoms with E-state index in [1.807, 2.05) is 30.5 Å². The molecule has 0 saturated heterocycles. The topological polar surface area (TPSA) is 22.0 Å². The lowest BCUT2D eigenvalue weighted by Gasteiger charge is -2.03. The molecule has 0 fully saturated rings. The van der Waals surface area contributed by atoms with Gasteiger partial charge in [-0.05, 0) is 30.5 Å². The normalized spacial score (nSPS) is 10.8. The minimum absolute atomic E-state index is 0.207. The summed E-state index contributed by atoms with van der Waals surface area (Å²) < 4.78 is 2.06. The van der Waals surface area contributed by atoms with Gasteiger partial charge in [0, 0.05) is 29.7 Å². The molecule has 3 heteroatoms. The molecule has 0 atom stereocenters. The summed E-state index contributed by atoms with van der Waals surface area (Å²) in [5.74, 6) is 0.207. The molecule has 0 N–H and O–H groups in total. The van der Waals surface area contributed by atoms with Crippen LogP contribution in [-0.4, -0.2) is 10.4 Å². The number of halogens is 1.